The molecule has 0 aliphatic carbocycles. The fraction of sp³-hybridized carbons (Fsp3) is 0.333. The van der Waals surface area contributed by atoms with E-state index in [4.69, 9.17) is 4.98 Å². The average Bonchev–Trinajstić information content (AvgIpc) is 2.72. The highest BCUT2D eigenvalue weighted by Gasteiger charge is 2.28. The molecule has 1 aromatic heterocycles. The smallest absolute Gasteiger partial charge is 0.259 e. The summed E-state index contributed by atoms with van der Waals surface area (Å²) in [6, 6.07) is 16.3. The Morgan fingerprint density at radius 2 is 1.80 bits per heavy atom. The summed E-state index contributed by atoms with van der Waals surface area (Å²) in [4.78, 5) is 22.5. The van der Waals surface area contributed by atoms with E-state index < -0.39 is 0 Å². The number of aliphatic hydroxyl groups excluding tert-OH is 1. The molecule has 6 heteroatoms. The Hall–Kier alpha value is -2.96. The summed E-state index contributed by atoms with van der Waals surface area (Å²) in [5.74, 6) is 0.662. The Labute approximate surface area is 177 Å². The quantitative estimate of drug-likeness (QED) is 0.708. The van der Waals surface area contributed by atoms with Gasteiger partial charge in [0, 0.05) is 24.2 Å². The van der Waals surface area contributed by atoms with E-state index in [0.717, 1.165) is 28.1 Å². The molecule has 1 aliphatic rings. The van der Waals surface area contributed by atoms with Gasteiger partial charge >= 0.3 is 0 Å². The SMILES string of the molecule is Cc1ccc(N2CN(CCO)Cn3c2nc(C)c(Cc2ccccc2)c3=O)c(C)c1. The number of aromatic nitrogens is 2. The van der Waals surface area contributed by atoms with Gasteiger partial charge in [0.2, 0.25) is 5.95 Å². The van der Waals surface area contributed by atoms with E-state index in [9.17, 15) is 9.90 Å². The number of fused-ring (bicyclic) bond motifs is 1. The van der Waals surface area contributed by atoms with E-state index in [1.54, 1.807) is 4.57 Å². The zero-order chi connectivity index (χ0) is 21.3. The van der Waals surface area contributed by atoms with Crippen molar-refractivity contribution in [2.45, 2.75) is 33.9 Å². The zero-order valence-corrected chi connectivity index (χ0v) is 17.8. The topological polar surface area (TPSA) is 61.6 Å². The predicted octanol–water partition coefficient (Wildman–Crippen LogP) is 3.12. The van der Waals surface area contributed by atoms with Gasteiger partial charge in [-0.1, -0.05) is 48.0 Å². The van der Waals surface area contributed by atoms with Crippen LogP contribution in [0.4, 0.5) is 11.6 Å². The maximum Gasteiger partial charge on any atom is 0.259 e. The molecular formula is C24H28N4O2. The fourth-order valence-corrected chi connectivity index (χ4v) is 4.11. The number of β-amino-alcohol motifs (C(OH)–C–C–N with tert-alkyl or cyclic N) is 1. The van der Waals surface area contributed by atoms with Crippen LogP contribution in [0.3, 0.4) is 0 Å². The molecule has 0 saturated heterocycles. The standard InChI is InChI=1S/C24H28N4O2/c1-17-9-10-22(18(2)13-17)27-15-26(11-12-29)16-28-23(30)21(19(3)25-24(27)28)14-20-7-5-4-6-8-20/h4-10,13,29H,11-12,14-16H2,1-3H3. The van der Waals surface area contributed by atoms with Gasteiger partial charge in [0.15, 0.2) is 0 Å². The van der Waals surface area contributed by atoms with Crippen molar-refractivity contribution >= 4 is 11.6 Å². The summed E-state index contributed by atoms with van der Waals surface area (Å²) >= 11 is 0. The lowest BCUT2D eigenvalue weighted by Crippen LogP contribution is -2.49. The van der Waals surface area contributed by atoms with Gasteiger partial charge in [-0.25, -0.2) is 4.98 Å². The highest BCUT2D eigenvalue weighted by Crippen LogP contribution is 2.30. The van der Waals surface area contributed by atoms with Crippen LogP contribution in [-0.2, 0) is 13.1 Å². The van der Waals surface area contributed by atoms with Crippen LogP contribution in [0, 0.1) is 20.8 Å². The van der Waals surface area contributed by atoms with Crippen LogP contribution in [0.25, 0.3) is 0 Å². The van der Waals surface area contributed by atoms with Crippen molar-refractivity contribution in [1.82, 2.24) is 14.5 Å². The van der Waals surface area contributed by atoms with Gasteiger partial charge in [-0.15, -0.1) is 0 Å². The fourth-order valence-electron chi connectivity index (χ4n) is 4.11. The van der Waals surface area contributed by atoms with Crippen LogP contribution in [0.1, 0.15) is 27.9 Å². The van der Waals surface area contributed by atoms with Crippen molar-refractivity contribution in [1.29, 1.82) is 0 Å². The summed E-state index contributed by atoms with van der Waals surface area (Å²) in [5.41, 5.74) is 5.91. The molecule has 0 amide bonds. The summed E-state index contributed by atoms with van der Waals surface area (Å²) in [6.45, 7) is 7.60. The average molecular weight is 405 g/mol. The van der Waals surface area contributed by atoms with E-state index in [1.165, 1.54) is 5.56 Å². The van der Waals surface area contributed by atoms with Crippen LogP contribution in [0.15, 0.2) is 53.3 Å². The molecular weight excluding hydrogens is 376 g/mol. The van der Waals surface area contributed by atoms with Crippen molar-refractivity contribution in [2.24, 2.45) is 0 Å². The third-order valence-corrected chi connectivity index (χ3v) is 5.66. The van der Waals surface area contributed by atoms with Crippen molar-refractivity contribution in [3.05, 3.63) is 86.8 Å². The Balaban J connectivity index is 1.83. The molecule has 1 aliphatic heterocycles. The van der Waals surface area contributed by atoms with Gasteiger partial charge < -0.3 is 5.11 Å². The summed E-state index contributed by atoms with van der Waals surface area (Å²) in [6.07, 6.45) is 0.558. The highest BCUT2D eigenvalue weighted by atomic mass is 16.3. The third kappa shape index (κ3) is 3.88. The van der Waals surface area contributed by atoms with E-state index in [-0.39, 0.29) is 12.2 Å². The third-order valence-electron chi connectivity index (χ3n) is 5.66. The van der Waals surface area contributed by atoms with E-state index >= 15 is 0 Å². The summed E-state index contributed by atoms with van der Waals surface area (Å²) < 4.78 is 1.74. The maximum absolute atomic E-state index is 13.5. The Bertz CT molecular complexity index is 1110. The van der Waals surface area contributed by atoms with Crippen molar-refractivity contribution in [2.75, 3.05) is 24.7 Å². The minimum Gasteiger partial charge on any atom is -0.395 e. The molecule has 4 rings (SSSR count). The molecule has 3 aromatic rings. The van der Waals surface area contributed by atoms with E-state index in [0.29, 0.717) is 32.3 Å². The van der Waals surface area contributed by atoms with E-state index in [1.807, 2.05) is 37.3 Å². The largest absolute Gasteiger partial charge is 0.395 e. The number of nitrogens with zero attached hydrogens (tertiary/aromatic N) is 4. The molecule has 6 nitrogen and oxygen atoms in total. The molecule has 0 fully saturated rings. The highest BCUT2D eigenvalue weighted by molar-refractivity contribution is 5.63. The maximum atomic E-state index is 13.5. The first-order chi connectivity index (χ1) is 14.5. The summed E-state index contributed by atoms with van der Waals surface area (Å²) in [7, 11) is 0. The molecule has 156 valence electrons. The molecule has 0 atom stereocenters. The Kier molecular flexibility index (Phi) is 5.70. The minimum absolute atomic E-state index is 0.0150. The van der Waals surface area contributed by atoms with E-state index in [2.05, 4.69) is 41.8 Å². The number of anilines is 2. The number of rotatable bonds is 5. The van der Waals surface area contributed by atoms with Gasteiger partial charge in [0.25, 0.3) is 5.56 Å². The number of hydrogen-bond donors (Lipinski definition) is 1. The molecule has 2 heterocycles. The normalized spacial score (nSPS) is 14.1. The second-order valence-electron chi connectivity index (χ2n) is 7.99. The molecule has 2 aromatic carbocycles. The minimum atomic E-state index is -0.0150. The Morgan fingerprint density at radius 3 is 2.50 bits per heavy atom. The van der Waals surface area contributed by atoms with Crippen molar-refractivity contribution in [3.8, 4) is 0 Å². The van der Waals surface area contributed by atoms with Crippen LogP contribution in [0.2, 0.25) is 0 Å². The number of aliphatic hydroxyl groups is 1. The van der Waals surface area contributed by atoms with Crippen LogP contribution in [-0.4, -0.2) is 39.4 Å². The van der Waals surface area contributed by atoms with Gasteiger partial charge in [0.1, 0.15) is 0 Å². The molecule has 1 N–H and O–H groups in total. The lowest BCUT2D eigenvalue weighted by Gasteiger charge is -2.38. The van der Waals surface area contributed by atoms with Gasteiger partial charge in [-0.05, 0) is 38.0 Å². The monoisotopic (exact) mass is 404 g/mol. The van der Waals surface area contributed by atoms with Crippen LogP contribution >= 0.6 is 0 Å². The second-order valence-corrected chi connectivity index (χ2v) is 7.99. The second kappa shape index (κ2) is 8.42. The van der Waals surface area contributed by atoms with Gasteiger partial charge in [-0.2, -0.15) is 0 Å². The van der Waals surface area contributed by atoms with Crippen molar-refractivity contribution in [3.63, 3.8) is 0 Å². The molecule has 30 heavy (non-hydrogen) atoms. The Morgan fingerprint density at radius 1 is 1.03 bits per heavy atom. The molecule has 0 saturated carbocycles. The molecule has 0 radical (unpaired) electrons. The first kappa shape index (κ1) is 20.3. The summed E-state index contributed by atoms with van der Waals surface area (Å²) in [5, 5.41) is 9.51. The van der Waals surface area contributed by atoms with Gasteiger partial charge in [-0.3, -0.25) is 19.2 Å². The molecule has 0 spiro atoms. The zero-order valence-electron chi connectivity index (χ0n) is 17.8. The number of benzene rings is 2. The molecule has 0 bridgehead atoms. The van der Waals surface area contributed by atoms with Crippen LogP contribution in [0.5, 0.6) is 0 Å². The number of hydrogen-bond acceptors (Lipinski definition) is 5. The lowest BCUT2D eigenvalue weighted by molar-refractivity contribution is 0.152. The van der Waals surface area contributed by atoms with Crippen molar-refractivity contribution < 1.29 is 5.11 Å². The predicted molar refractivity (Wildman–Crippen MR) is 119 cm³/mol. The van der Waals surface area contributed by atoms with Crippen LogP contribution < -0.4 is 10.5 Å². The first-order valence-corrected chi connectivity index (χ1v) is 10.3. The number of aryl methyl sites for hydroxylation is 3. The lowest BCUT2D eigenvalue weighted by atomic mass is 10.0. The first-order valence-electron chi connectivity index (χ1n) is 10.3. The molecule has 0 unspecified atom stereocenters. The van der Waals surface area contributed by atoms with Gasteiger partial charge in [0.05, 0.1) is 25.6 Å².